The number of hydrogen-bond acceptors (Lipinski definition) is 6. The highest BCUT2D eigenvalue weighted by molar-refractivity contribution is 5.69. The lowest BCUT2D eigenvalue weighted by atomic mass is 10.1. The van der Waals surface area contributed by atoms with Crippen LogP contribution in [0.1, 0.15) is 11.3 Å². The second-order valence-corrected chi connectivity index (χ2v) is 8.03. The summed E-state index contributed by atoms with van der Waals surface area (Å²) in [6, 6.07) is 7.84. The lowest BCUT2D eigenvalue weighted by Crippen LogP contribution is -3.15. The minimum Gasteiger partial charge on any atom is -0.497 e. The molecule has 8 nitrogen and oxygen atoms in total. The van der Waals surface area contributed by atoms with E-state index in [0.717, 1.165) is 79.2 Å². The topological polar surface area (TPSA) is 65.6 Å². The molecule has 0 spiro atoms. The number of nitrogens with one attached hydrogen (secondary N) is 1. The Morgan fingerprint density at radius 1 is 0.968 bits per heavy atom. The van der Waals surface area contributed by atoms with E-state index in [1.807, 2.05) is 28.8 Å². The summed E-state index contributed by atoms with van der Waals surface area (Å²) in [5.41, 5.74) is 4.85. The van der Waals surface area contributed by atoms with Crippen LogP contribution in [-0.2, 0) is 4.74 Å². The Bertz CT molecular complexity index is 1030. The van der Waals surface area contributed by atoms with Crippen LogP contribution in [0.15, 0.2) is 24.3 Å². The number of ether oxygens (including phenoxy) is 3. The Hall–Kier alpha value is -2.84. The molecule has 3 heterocycles. The molecule has 0 aliphatic carbocycles. The van der Waals surface area contributed by atoms with E-state index in [9.17, 15) is 0 Å². The molecule has 8 heteroatoms. The predicted molar refractivity (Wildman–Crippen MR) is 121 cm³/mol. The number of quaternary nitrogens is 1. The fourth-order valence-corrected chi connectivity index (χ4v) is 4.18. The number of piperazine rings is 1. The van der Waals surface area contributed by atoms with Crippen LogP contribution in [0.5, 0.6) is 11.5 Å². The van der Waals surface area contributed by atoms with Crippen molar-refractivity contribution in [3.05, 3.63) is 35.5 Å². The van der Waals surface area contributed by atoms with Gasteiger partial charge in [-0.3, -0.25) is 0 Å². The third-order valence-corrected chi connectivity index (χ3v) is 6.13. The molecule has 0 amide bonds. The van der Waals surface area contributed by atoms with Gasteiger partial charge in [-0.2, -0.15) is 9.61 Å². The SMILES string of the molecule is COCC[NH+]1CCN(c2c(C)c(C)nc3cc(-c4cc(OC)cc(OC)c4)nn23)CC1. The van der Waals surface area contributed by atoms with E-state index in [2.05, 4.69) is 18.7 Å². The Morgan fingerprint density at radius 3 is 2.26 bits per heavy atom. The molecule has 2 aromatic heterocycles. The van der Waals surface area contributed by atoms with E-state index < -0.39 is 0 Å². The first-order valence-corrected chi connectivity index (χ1v) is 10.7. The Morgan fingerprint density at radius 2 is 1.65 bits per heavy atom. The largest absolute Gasteiger partial charge is 0.497 e. The van der Waals surface area contributed by atoms with Crippen LogP contribution in [0.2, 0.25) is 0 Å². The van der Waals surface area contributed by atoms with Crippen molar-refractivity contribution in [3.8, 4) is 22.8 Å². The average molecular weight is 427 g/mol. The number of rotatable bonds is 7. The highest BCUT2D eigenvalue weighted by atomic mass is 16.5. The first kappa shape index (κ1) is 21.4. The molecule has 0 radical (unpaired) electrons. The number of benzene rings is 1. The molecule has 0 bridgehead atoms. The zero-order valence-electron chi connectivity index (χ0n) is 19.1. The molecule has 1 saturated heterocycles. The maximum atomic E-state index is 5.44. The van der Waals surface area contributed by atoms with E-state index in [1.165, 1.54) is 5.56 Å². The lowest BCUT2D eigenvalue weighted by molar-refractivity contribution is -0.900. The van der Waals surface area contributed by atoms with Gasteiger partial charge in [0.15, 0.2) is 5.65 Å². The number of methoxy groups -OCH3 is 3. The molecule has 4 rings (SSSR count). The minimum atomic E-state index is 0.738. The van der Waals surface area contributed by atoms with Gasteiger partial charge >= 0.3 is 0 Å². The van der Waals surface area contributed by atoms with Crippen molar-refractivity contribution in [2.24, 2.45) is 0 Å². The number of anilines is 1. The fraction of sp³-hybridized carbons (Fsp3) is 0.478. The van der Waals surface area contributed by atoms with Crippen LogP contribution >= 0.6 is 0 Å². The van der Waals surface area contributed by atoms with Gasteiger partial charge in [-0.05, 0) is 26.0 Å². The molecule has 1 aromatic carbocycles. The van der Waals surface area contributed by atoms with Crippen LogP contribution in [-0.4, -0.2) is 75.3 Å². The summed E-state index contributed by atoms with van der Waals surface area (Å²) in [6.45, 7) is 10.2. The van der Waals surface area contributed by atoms with Crippen molar-refractivity contribution in [2.45, 2.75) is 13.8 Å². The van der Waals surface area contributed by atoms with Crippen molar-refractivity contribution >= 4 is 11.5 Å². The van der Waals surface area contributed by atoms with Crippen molar-refractivity contribution in [2.75, 3.05) is 65.6 Å². The molecule has 1 N–H and O–H groups in total. The number of aromatic nitrogens is 3. The van der Waals surface area contributed by atoms with Gasteiger partial charge in [-0.15, -0.1) is 0 Å². The van der Waals surface area contributed by atoms with Crippen LogP contribution < -0.4 is 19.3 Å². The Kier molecular flexibility index (Phi) is 6.29. The molecular weight excluding hydrogens is 394 g/mol. The Balaban J connectivity index is 1.71. The van der Waals surface area contributed by atoms with Gasteiger partial charge < -0.3 is 24.0 Å². The van der Waals surface area contributed by atoms with E-state index >= 15 is 0 Å². The van der Waals surface area contributed by atoms with E-state index in [-0.39, 0.29) is 0 Å². The molecule has 3 aromatic rings. The van der Waals surface area contributed by atoms with Crippen LogP contribution in [0, 0.1) is 13.8 Å². The van der Waals surface area contributed by atoms with Gasteiger partial charge in [0, 0.05) is 36.1 Å². The van der Waals surface area contributed by atoms with Gasteiger partial charge in [0.25, 0.3) is 0 Å². The minimum absolute atomic E-state index is 0.738. The summed E-state index contributed by atoms with van der Waals surface area (Å²) in [4.78, 5) is 8.83. The molecule has 1 aliphatic heterocycles. The van der Waals surface area contributed by atoms with Crippen LogP contribution in [0.3, 0.4) is 0 Å². The number of aryl methyl sites for hydroxylation is 1. The Labute approximate surface area is 183 Å². The number of fused-ring (bicyclic) bond motifs is 1. The average Bonchev–Trinajstić information content (AvgIpc) is 3.22. The van der Waals surface area contributed by atoms with Crippen molar-refractivity contribution < 1.29 is 19.1 Å². The molecular formula is C23H32N5O3+. The second-order valence-electron chi connectivity index (χ2n) is 8.03. The van der Waals surface area contributed by atoms with Gasteiger partial charge in [0.05, 0.1) is 52.7 Å². The van der Waals surface area contributed by atoms with Crippen LogP contribution in [0.25, 0.3) is 16.9 Å². The van der Waals surface area contributed by atoms with Crippen molar-refractivity contribution in [1.29, 1.82) is 0 Å². The highest BCUT2D eigenvalue weighted by Gasteiger charge is 2.25. The van der Waals surface area contributed by atoms with Crippen molar-refractivity contribution in [1.82, 2.24) is 14.6 Å². The lowest BCUT2D eigenvalue weighted by Gasteiger charge is -2.34. The van der Waals surface area contributed by atoms with E-state index in [4.69, 9.17) is 24.3 Å². The zero-order valence-corrected chi connectivity index (χ0v) is 19.1. The summed E-state index contributed by atoms with van der Waals surface area (Å²) in [5.74, 6) is 2.61. The fourth-order valence-electron chi connectivity index (χ4n) is 4.18. The monoisotopic (exact) mass is 426 g/mol. The van der Waals surface area contributed by atoms with Gasteiger partial charge in [0.1, 0.15) is 23.9 Å². The first-order valence-electron chi connectivity index (χ1n) is 10.7. The predicted octanol–water partition coefficient (Wildman–Crippen LogP) is 1.38. The van der Waals surface area contributed by atoms with Gasteiger partial charge in [-0.25, -0.2) is 4.98 Å². The maximum absolute atomic E-state index is 5.44. The molecule has 0 atom stereocenters. The van der Waals surface area contributed by atoms with E-state index in [0.29, 0.717) is 0 Å². The van der Waals surface area contributed by atoms with Crippen LogP contribution in [0.4, 0.5) is 5.82 Å². The van der Waals surface area contributed by atoms with Gasteiger partial charge in [0.2, 0.25) is 0 Å². The van der Waals surface area contributed by atoms with Crippen molar-refractivity contribution in [3.63, 3.8) is 0 Å². The summed E-state index contributed by atoms with van der Waals surface area (Å²) < 4.78 is 18.1. The first-order chi connectivity index (χ1) is 15.0. The molecule has 0 unspecified atom stereocenters. The highest BCUT2D eigenvalue weighted by Crippen LogP contribution is 2.31. The summed E-state index contributed by atoms with van der Waals surface area (Å²) in [7, 11) is 5.08. The number of nitrogens with zero attached hydrogens (tertiary/aromatic N) is 4. The second kappa shape index (κ2) is 9.11. The third-order valence-electron chi connectivity index (χ3n) is 6.13. The molecule has 1 fully saturated rings. The standard InChI is InChI=1S/C23H31N5O3/c1-16-17(2)24-22-15-21(18-12-19(30-4)14-20(13-18)31-5)25-28(22)23(16)27-8-6-26(7-9-27)10-11-29-3/h12-15H,6-11H2,1-5H3/p+1. The number of hydrogen-bond donors (Lipinski definition) is 1. The van der Waals surface area contributed by atoms with Gasteiger partial charge in [-0.1, -0.05) is 0 Å². The smallest absolute Gasteiger partial charge is 0.158 e. The quantitative estimate of drug-likeness (QED) is 0.616. The molecule has 31 heavy (non-hydrogen) atoms. The zero-order chi connectivity index (χ0) is 22.0. The maximum Gasteiger partial charge on any atom is 0.158 e. The third kappa shape index (κ3) is 4.31. The summed E-state index contributed by atoms with van der Waals surface area (Å²) in [5, 5.41) is 4.95. The summed E-state index contributed by atoms with van der Waals surface area (Å²) in [6.07, 6.45) is 0. The molecule has 0 saturated carbocycles. The summed E-state index contributed by atoms with van der Waals surface area (Å²) >= 11 is 0. The van der Waals surface area contributed by atoms with E-state index in [1.54, 1.807) is 26.2 Å². The molecule has 166 valence electrons. The molecule has 1 aliphatic rings. The normalized spacial score (nSPS) is 14.9.